The molecule has 0 amide bonds. The van der Waals surface area contributed by atoms with E-state index < -0.39 is 10.9 Å². The van der Waals surface area contributed by atoms with Gasteiger partial charge in [0.2, 0.25) is 0 Å². The molecule has 0 atom stereocenters. The Hall–Kier alpha value is -3.97. The molecular formula is C23H15ClN2O5. The molecule has 2 aromatic heterocycles. The summed E-state index contributed by atoms with van der Waals surface area (Å²) in [5.74, 6) is 1.03. The number of benzene rings is 2. The van der Waals surface area contributed by atoms with Crippen LogP contribution in [0.4, 0.5) is 5.69 Å². The van der Waals surface area contributed by atoms with Crippen molar-refractivity contribution in [2.45, 2.75) is 6.92 Å². The molecule has 0 aliphatic carbocycles. The average molecular weight is 435 g/mol. The van der Waals surface area contributed by atoms with Gasteiger partial charge in [0, 0.05) is 30.0 Å². The van der Waals surface area contributed by atoms with Crippen LogP contribution >= 0.6 is 11.6 Å². The number of nitrogens with zero attached hydrogens (tertiary/aromatic N) is 2. The number of esters is 1. The average Bonchev–Trinajstić information content (AvgIpc) is 3.20. The Labute approximate surface area is 181 Å². The Morgan fingerprint density at radius 1 is 1.13 bits per heavy atom. The summed E-state index contributed by atoms with van der Waals surface area (Å²) >= 11 is 6.17. The molecular weight excluding hydrogens is 420 g/mol. The number of ether oxygens (including phenoxy) is 1. The summed E-state index contributed by atoms with van der Waals surface area (Å²) in [5.41, 5.74) is 1.70. The van der Waals surface area contributed by atoms with E-state index >= 15 is 0 Å². The van der Waals surface area contributed by atoms with Crippen LogP contribution in [-0.4, -0.2) is 15.9 Å². The van der Waals surface area contributed by atoms with Crippen molar-refractivity contribution < 1.29 is 18.9 Å². The molecule has 0 spiro atoms. The van der Waals surface area contributed by atoms with Crippen molar-refractivity contribution in [3.8, 4) is 17.1 Å². The number of furan rings is 1. The normalized spacial score (nSPS) is 11.2. The highest BCUT2D eigenvalue weighted by molar-refractivity contribution is 6.33. The van der Waals surface area contributed by atoms with Crippen LogP contribution in [0.2, 0.25) is 5.02 Å². The van der Waals surface area contributed by atoms with Gasteiger partial charge in [0.05, 0.1) is 15.6 Å². The lowest BCUT2D eigenvalue weighted by atomic mass is 10.1. The highest BCUT2D eigenvalue weighted by Crippen LogP contribution is 2.32. The maximum atomic E-state index is 11.3. The highest BCUT2D eigenvalue weighted by atomic mass is 35.5. The zero-order chi connectivity index (χ0) is 22.0. The first-order valence-corrected chi connectivity index (χ1v) is 9.59. The summed E-state index contributed by atoms with van der Waals surface area (Å²) in [5, 5.41) is 11.9. The lowest BCUT2D eigenvalue weighted by Gasteiger charge is -2.05. The van der Waals surface area contributed by atoms with Crippen molar-refractivity contribution in [1.29, 1.82) is 0 Å². The molecule has 0 fully saturated rings. The van der Waals surface area contributed by atoms with Gasteiger partial charge in [-0.1, -0.05) is 29.8 Å². The number of non-ortho nitro benzene ring substituents is 1. The molecule has 2 aromatic carbocycles. The quantitative estimate of drug-likeness (QED) is 0.162. The molecule has 31 heavy (non-hydrogen) atoms. The molecule has 0 aliphatic rings. The number of nitro benzene ring substituents is 1. The minimum atomic E-state index is -0.505. The number of nitro groups is 1. The second-order valence-corrected chi connectivity index (χ2v) is 7.02. The topological polar surface area (TPSA) is 95.5 Å². The van der Waals surface area contributed by atoms with Crippen molar-refractivity contribution in [3.05, 3.63) is 87.3 Å². The number of fused-ring (bicyclic) bond motifs is 1. The maximum Gasteiger partial charge on any atom is 0.308 e. The fourth-order valence-corrected chi connectivity index (χ4v) is 3.30. The van der Waals surface area contributed by atoms with E-state index in [1.807, 2.05) is 18.2 Å². The SMILES string of the molecule is CC(=O)Oc1cccc2ccc(C=Cc3ccc(-c4ccc([N+](=O)[O-])cc4Cl)o3)nc12. The summed E-state index contributed by atoms with van der Waals surface area (Å²) in [7, 11) is 0. The Balaban J connectivity index is 1.60. The van der Waals surface area contributed by atoms with E-state index in [1.54, 1.807) is 42.5 Å². The van der Waals surface area contributed by atoms with E-state index in [9.17, 15) is 14.9 Å². The van der Waals surface area contributed by atoms with Gasteiger partial charge in [-0.2, -0.15) is 0 Å². The molecule has 4 aromatic rings. The lowest BCUT2D eigenvalue weighted by molar-refractivity contribution is -0.384. The molecule has 7 nitrogen and oxygen atoms in total. The van der Waals surface area contributed by atoms with Crippen molar-refractivity contribution in [2.24, 2.45) is 0 Å². The third-order valence-corrected chi connectivity index (χ3v) is 4.75. The van der Waals surface area contributed by atoms with Crippen molar-refractivity contribution >= 4 is 46.3 Å². The molecule has 0 bridgehead atoms. The molecule has 0 radical (unpaired) electrons. The van der Waals surface area contributed by atoms with Crippen LogP contribution in [-0.2, 0) is 4.79 Å². The van der Waals surface area contributed by atoms with Crippen LogP contribution in [0, 0.1) is 10.1 Å². The molecule has 2 heterocycles. The van der Waals surface area contributed by atoms with Crippen LogP contribution in [0.1, 0.15) is 18.4 Å². The number of pyridine rings is 1. The van der Waals surface area contributed by atoms with Crippen LogP contribution in [0.15, 0.2) is 65.1 Å². The highest BCUT2D eigenvalue weighted by Gasteiger charge is 2.13. The third kappa shape index (κ3) is 4.46. The number of aromatic nitrogens is 1. The fourth-order valence-electron chi connectivity index (χ4n) is 3.04. The Bertz CT molecular complexity index is 1340. The number of carbonyl (C=O) groups is 1. The summed E-state index contributed by atoms with van der Waals surface area (Å²) in [6, 6.07) is 16.8. The first kappa shape index (κ1) is 20.3. The number of carbonyl (C=O) groups excluding carboxylic acids is 1. The van der Waals surface area contributed by atoms with Gasteiger partial charge in [-0.3, -0.25) is 14.9 Å². The van der Waals surface area contributed by atoms with Crippen LogP contribution in [0.25, 0.3) is 34.4 Å². The maximum absolute atomic E-state index is 11.3. The van der Waals surface area contributed by atoms with Gasteiger partial charge in [-0.15, -0.1) is 0 Å². The number of para-hydroxylation sites is 1. The smallest absolute Gasteiger partial charge is 0.308 e. The Morgan fingerprint density at radius 2 is 1.97 bits per heavy atom. The van der Waals surface area contributed by atoms with Gasteiger partial charge in [-0.25, -0.2) is 4.98 Å². The minimum absolute atomic E-state index is 0.0871. The summed E-state index contributed by atoms with van der Waals surface area (Å²) in [6.45, 7) is 1.34. The number of hydrogen-bond donors (Lipinski definition) is 0. The largest absolute Gasteiger partial charge is 0.457 e. The Morgan fingerprint density at radius 3 is 2.71 bits per heavy atom. The second-order valence-electron chi connectivity index (χ2n) is 6.61. The van der Waals surface area contributed by atoms with Gasteiger partial charge < -0.3 is 9.15 Å². The van der Waals surface area contributed by atoms with E-state index in [4.69, 9.17) is 20.8 Å². The van der Waals surface area contributed by atoms with Gasteiger partial charge in [0.15, 0.2) is 5.75 Å². The zero-order valence-corrected chi connectivity index (χ0v) is 17.0. The van der Waals surface area contributed by atoms with Crippen molar-refractivity contribution in [1.82, 2.24) is 4.98 Å². The molecule has 0 unspecified atom stereocenters. The van der Waals surface area contributed by atoms with Crippen molar-refractivity contribution in [3.63, 3.8) is 0 Å². The molecule has 0 N–H and O–H groups in total. The fraction of sp³-hybridized carbons (Fsp3) is 0.0435. The monoisotopic (exact) mass is 434 g/mol. The van der Waals surface area contributed by atoms with Crippen LogP contribution < -0.4 is 4.74 Å². The summed E-state index contributed by atoms with van der Waals surface area (Å²) in [4.78, 5) is 26.2. The standard InChI is InChI=1S/C23H15ClN2O5/c1-14(27)30-22-4-2-3-15-5-6-16(25-23(15)22)7-9-18-10-12-21(31-18)19-11-8-17(26(28)29)13-20(19)24/h2-13H,1H3. The van der Waals surface area contributed by atoms with E-state index in [0.717, 1.165) is 5.39 Å². The third-order valence-electron chi connectivity index (χ3n) is 4.43. The number of rotatable bonds is 5. The summed E-state index contributed by atoms with van der Waals surface area (Å²) in [6.07, 6.45) is 3.51. The zero-order valence-electron chi connectivity index (χ0n) is 16.2. The van der Waals surface area contributed by atoms with Gasteiger partial charge in [-0.05, 0) is 42.5 Å². The number of hydrogen-bond acceptors (Lipinski definition) is 6. The van der Waals surface area contributed by atoms with E-state index in [-0.39, 0.29) is 10.7 Å². The predicted octanol–water partition coefficient (Wildman–Crippen LogP) is 6.15. The molecule has 0 aliphatic heterocycles. The Kier molecular flexibility index (Phi) is 5.51. The van der Waals surface area contributed by atoms with Crippen molar-refractivity contribution in [2.75, 3.05) is 0 Å². The van der Waals surface area contributed by atoms with E-state index in [0.29, 0.717) is 34.0 Å². The van der Waals surface area contributed by atoms with Gasteiger partial charge in [0.25, 0.3) is 5.69 Å². The minimum Gasteiger partial charge on any atom is -0.457 e. The van der Waals surface area contributed by atoms with E-state index in [2.05, 4.69) is 4.98 Å². The molecule has 4 rings (SSSR count). The predicted molar refractivity (Wildman–Crippen MR) is 118 cm³/mol. The van der Waals surface area contributed by atoms with Gasteiger partial charge >= 0.3 is 5.97 Å². The summed E-state index contributed by atoms with van der Waals surface area (Å²) < 4.78 is 11.0. The molecule has 154 valence electrons. The van der Waals surface area contributed by atoms with Crippen LogP contribution in [0.3, 0.4) is 0 Å². The second kappa shape index (κ2) is 8.41. The number of halogens is 1. The van der Waals surface area contributed by atoms with E-state index in [1.165, 1.54) is 19.1 Å². The lowest BCUT2D eigenvalue weighted by Crippen LogP contribution is -2.02. The first-order valence-electron chi connectivity index (χ1n) is 9.21. The molecule has 8 heteroatoms. The molecule has 0 saturated heterocycles. The molecule has 0 saturated carbocycles. The van der Waals surface area contributed by atoms with Gasteiger partial charge in [0.1, 0.15) is 17.0 Å². The van der Waals surface area contributed by atoms with Crippen LogP contribution in [0.5, 0.6) is 5.75 Å². The first-order chi connectivity index (χ1) is 14.9.